The molecule has 4 rings (SSSR count). The maximum atomic E-state index is 13.3. The molecule has 2 N–H and O–H groups in total. The number of sulfone groups is 1. The molecule has 1 fully saturated rings. The van der Waals surface area contributed by atoms with Crippen molar-refractivity contribution in [2.45, 2.75) is 35.3 Å². The van der Waals surface area contributed by atoms with Crippen LogP contribution in [0, 0.1) is 5.82 Å². The number of halogens is 1. The Hall–Kier alpha value is -3.27. The molecular weight excluding hydrogens is 485 g/mol. The van der Waals surface area contributed by atoms with Crippen LogP contribution in [0.15, 0.2) is 77.7 Å². The fourth-order valence-electron chi connectivity index (χ4n) is 4.38. The number of aryl methyl sites for hydroxylation is 1. The summed E-state index contributed by atoms with van der Waals surface area (Å²) in [4.78, 5) is 12.3. The minimum Gasteiger partial charge on any atom is -0.494 e. The number of amides is 1. The molecule has 0 aliphatic carbocycles. The average Bonchev–Trinajstić information content (AvgIpc) is 2.92. The lowest BCUT2D eigenvalue weighted by atomic mass is 9.98. The number of carbonyl (C=O) groups excluding carboxylic acids is 1. The van der Waals surface area contributed by atoms with Crippen LogP contribution >= 0.6 is 0 Å². The van der Waals surface area contributed by atoms with Gasteiger partial charge in [0.2, 0.25) is 0 Å². The molecule has 7 nitrogen and oxygen atoms in total. The molecule has 0 bridgehead atoms. The Balaban J connectivity index is 1.35. The third kappa shape index (κ3) is 5.43. The van der Waals surface area contributed by atoms with Crippen molar-refractivity contribution in [2.24, 2.45) is 0 Å². The molecule has 3 aromatic carbocycles. The maximum absolute atomic E-state index is 13.3. The number of ether oxygens (including phenoxy) is 2. The Morgan fingerprint density at radius 1 is 1.00 bits per heavy atom. The second-order valence-corrected chi connectivity index (χ2v) is 10.9. The fourth-order valence-corrected chi connectivity index (χ4v) is 6.32. The summed E-state index contributed by atoms with van der Waals surface area (Å²) < 4.78 is 49.0. The van der Waals surface area contributed by atoms with Crippen LogP contribution in [0.25, 0.3) is 11.1 Å². The minimum absolute atomic E-state index is 0.0158. The lowest BCUT2D eigenvalue weighted by molar-refractivity contribution is -0.134. The summed E-state index contributed by atoms with van der Waals surface area (Å²) in [5.41, 5.74) is 4.61. The van der Waals surface area contributed by atoms with Crippen molar-refractivity contribution in [3.8, 4) is 16.9 Å². The van der Waals surface area contributed by atoms with Gasteiger partial charge in [-0.2, -0.15) is 0 Å². The Morgan fingerprint density at radius 3 is 2.36 bits per heavy atom. The molecular formula is C27H28FNO6S. The van der Waals surface area contributed by atoms with E-state index in [2.05, 4.69) is 6.07 Å². The van der Waals surface area contributed by atoms with Crippen LogP contribution in [0.4, 0.5) is 4.39 Å². The van der Waals surface area contributed by atoms with Crippen LogP contribution in [-0.4, -0.2) is 44.1 Å². The van der Waals surface area contributed by atoms with Crippen LogP contribution in [0.1, 0.15) is 24.8 Å². The highest BCUT2D eigenvalue weighted by Gasteiger charge is 2.52. The van der Waals surface area contributed by atoms with Crippen LogP contribution in [0.3, 0.4) is 0 Å². The van der Waals surface area contributed by atoms with Gasteiger partial charge in [-0.05, 0) is 78.8 Å². The van der Waals surface area contributed by atoms with Gasteiger partial charge >= 0.3 is 0 Å². The molecule has 0 atom stereocenters. The predicted octanol–water partition coefficient (Wildman–Crippen LogP) is 4.33. The number of benzene rings is 3. The van der Waals surface area contributed by atoms with E-state index in [0.29, 0.717) is 12.4 Å². The number of carbonyl (C=O) groups is 1. The summed E-state index contributed by atoms with van der Waals surface area (Å²) in [5.74, 6) is -0.701. The van der Waals surface area contributed by atoms with Crippen LogP contribution in [-0.2, 0) is 25.8 Å². The zero-order valence-electron chi connectivity index (χ0n) is 19.7. The summed E-state index contributed by atoms with van der Waals surface area (Å²) in [6.07, 6.45) is 1.44. The van der Waals surface area contributed by atoms with E-state index in [1.165, 1.54) is 29.7 Å². The standard InChI is InChI=1S/C27H28FNO6S/c28-23-8-6-21(7-9-23)22-5-1-3-20(19-22)4-2-16-35-24-10-12-25(13-11-24)36(32,33)27(26(30)29-31)14-17-34-18-15-27/h1,3,5-13,19,31H,2,4,14-18H2,(H,29,30). The molecule has 3 aromatic rings. The first-order chi connectivity index (χ1) is 17.4. The summed E-state index contributed by atoms with van der Waals surface area (Å²) in [6.45, 7) is 0.655. The van der Waals surface area contributed by atoms with Gasteiger partial charge in [-0.1, -0.05) is 36.4 Å². The number of nitrogens with one attached hydrogen (secondary N) is 1. The van der Waals surface area contributed by atoms with Gasteiger partial charge < -0.3 is 9.47 Å². The number of hydrogen-bond acceptors (Lipinski definition) is 6. The van der Waals surface area contributed by atoms with Gasteiger partial charge in [-0.25, -0.2) is 18.3 Å². The highest BCUT2D eigenvalue weighted by molar-refractivity contribution is 7.93. The summed E-state index contributed by atoms with van der Waals surface area (Å²) in [6, 6.07) is 20.4. The largest absolute Gasteiger partial charge is 0.494 e. The highest BCUT2D eigenvalue weighted by atomic mass is 32.2. The fraction of sp³-hybridized carbons (Fsp3) is 0.296. The lowest BCUT2D eigenvalue weighted by Gasteiger charge is -2.34. The second-order valence-electron chi connectivity index (χ2n) is 8.68. The van der Waals surface area contributed by atoms with Crippen molar-refractivity contribution < 1.29 is 32.3 Å². The van der Waals surface area contributed by atoms with Crippen molar-refractivity contribution in [3.63, 3.8) is 0 Å². The topological polar surface area (TPSA) is 102 Å². The molecule has 0 unspecified atom stereocenters. The molecule has 1 amide bonds. The van der Waals surface area contributed by atoms with E-state index in [0.717, 1.165) is 29.5 Å². The van der Waals surface area contributed by atoms with Crippen molar-refractivity contribution in [3.05, 3.63) is 84.2 Å². The Bertz CT molecular complexity index is 1290. The Labute approximate surface area is 209 Å². The van der Waals surface area contributed by atoms with Gasteiger partial charge in [-0.15, -0.1) is 0 Å². The normalized spacial score (nSPS) is 15.3. The number of rotatable bonds is 9. The van der Waals surface area contributed by atoms with Gasteiger partial charge in [0.05, 0.1) is 11.5 Å². The molecule has 1 saturated heterocycles. The van der Waals surface area contributed by atoms with Gasteiger partial charge in [0, 0.05) is 13.2 Å². The average molecular weight is 514 g/mol. The van der Waals surface area contributed by atoms with Crippen LogP contribution < -0.4 is 10.2 Å². The van der Waals surface area contributed by atoms with E-state index >= 15 is 0 Å². The van der Waals surface area contributed by atoms with Crippen molar-refractivity contribution in [1.82, 2.24) is 5.48 Å². The summed E-state index contributed by atoms with van der Waals surface area (Å²) in [5, 5.41) is 9.15. The molecule has 36 heavy (non-hydrogen) atoms. The van der Waals surface area contributed by atoms with Crippen LogP contribution in [0.5, 0.6) is 5.75 Å². The zero-order chi connectivity index (χ0) is 25.6. The molecule has 9 heteroatoms. The van der Waals surface area contributed by atoms with E-state index in [4.69, 9.17) is 14.7 Å². The lowest BCUT2D eigenvalue weighted by Crippen LogP contribution is -2.54. The van der Waals surface area contributed by atoms with E-state index in [-0.39, 0.29) is 36.8 Å². The van der Waals surface area contributed by atoms with Crippen LogP contribution in [0.2, 0.25) is 0 Å². The first kappa shape index (κ1) is 25.8. The smallest absolute Gasteiger partial charge is 0.265 e. The Morgan fingerprint density at radius 2 is 1.69 bits per heavy atom. The predicted molar refractivity (Wildman–Crippen MR) is 132 cm³/mol. The SMILES string of the molecule is O=C(NO)C1(S(=O)(=O)c2ccc(OCCCc3cccc(-c4ccc(F)cc4)c3)cc2)CCOCC1. The molecule has 0 radical (unpaired) electrons. The molecule has 190 valence electrons. The van der Waals surface area contributed by atoms with Gasteiger partial charge in [0.15, 0.2) is 14.6 Å². The first-order valence-corrected chi connectivity index (χ1v) is 13.2. The maximum Gasteiger partial charge on any atom is 0.265 e. The summed E-state index contributed by atoms with van der Waals surface area (Å²) >= 11 is 0. The second kappa shape index (κ2) is 11.2. The van der Waals surface area contributed by atoms with E-state index in [1.807, 2.05) is 18.2 Å². The summed E-state index contributed by atoms with van der Waals surface area (Å²) in [7, 11) is -4.07. The monoisotopic (exact) mass is 513 g/mol. The Kier molecular flexibility index (Phi) is 8.03. The molecule has 1 aliphatic rings. The number of hydroxylamine groups is 1. The molecule has 0 saturated carbocycles. The third-order valence-corrected chi connectivity index (χ3v) is 8.96. The van der Waals surface area contributed by atoms with Crippen molar-refractivity contribution in [1.29, 1.82) is 0 Å². The van der Waals surface area contributed by atoms with Gasteiger partial charge in [-0.3, -0.25) is 10.0 Å². The molecule has 0 spiro atoms. The minimum atomic E-state index is -4.07. The number of hydrogen-bond donors (Lipinski definition) is 2. The molecule has 1 heterocycles. The quantitative estimate of drug-likeness (QED) is 0.251. The third-order valence-electron chi connectivity index (χ3n) is 6.45. The first-order valence-electron chi connectivity index (χ1n) is 11.7. The van der Waals surface area contributed by atoms with Gasteiger partial charge in [0.1, 0.15) is 11.6 Å². The van der Waals surface area contributed by atoms with E-state index in [9.17, 15) is 17.6 Å². The van der Waals surface area contributed by atoms with E-state index < -0.39 is 20.5 Å². The molecule has 1 aliphatic heterocycles. The van der Waals surface area contributed by atoms with Gasteiger partial charge in [0.25, 0.3) is 5.91 Å². The van der Waals surface area contributed by atoms with E-state index in [1.54, 1.807) is 24.3 Å². The van der Waals surface area contributed by atoms with Crippen molar-refractivity contribution >= 4 is 15.7 Å². The zero-order valence-corrected chi connectivity index (χ0v) is 20.5. The van der Waals surface area contributed by atoms with Crippen molar-refractivity contribution in [2.75, 3.05) is 19.8 Å². The molecule has 0 aromatic heterocycles. The highest BCUT2D eigenvalue weighted by Crippen LogP contribution is 2.35.